The van der Waals surface area contributed by atoms with Crippen LogP contribution in [0.2, 0.25) is 0 Å². The van der Waals surface area contributed by atoms with Gasteiger partial charge in [-0.25, -0.2) is 0 Å². The summed E-state index contributed by atoms with van der Waals surface area (Å²) in [5.74, 6) is -0.299. The summed E-state index contributed by atoms with van der Waals surface area (Å²) in [7, 11) is 3.21. The van der Waals surface area contributed by atoms with Crippen LogP contribution < -0.4 is 0 Å². The van der Waals surface area contributed by atoms with Gasteiger partial charge < -0.3 is 18.9 Å². The van der Waals surface area contributed by atoms with Crippen LogP contribution in [0, 0.1) is 28.6 Å². The van der Waals surface area contributed by atoms with Gasteiger partial charge in [-0.1, -0.05) is 26.0 Å². The van der Waals surface area contributed by atoms with Gasteiger partial charge in [0.2, 0.25) is 0 Å². The Morgan fingerprint density at radius 3 is 2.69 bits per heavy atom. The first-order valence-electron chi connectivity index (χ1n) is 12.1. The SMILES string of the molecule is COCC1=CC2=C[C@@H](C(=O)OC)C3C4CC[C@@]5(CCC(=O)O5)[C@@]4(C)C[C@H]4O[C@@]34[C@@]2(C)CC1. The Bertz CT molecular complexity index is 952. The van der Waals surface area contributed by atoms with Crippen molar-refractivity contribution < 1.29 is 28.5 Å². The number of hydrogen-bond donors (Lipinski definition) is 0. The second-order valence-corrected chi connectivity index (χ2v) is 11.4. The number of hydrogen-bond acceptors (Lipinski definition) is 6. The van der Waals surface area contributed by atoms with Gasteiger partial charge in [-0.3, -0.25) is 9.59 Å². The van der Waals surface area contributed by atoms with Crippen LogP contribution in [0.15, 0.2) is 23.3 Å². The van der Waals surface area contributed by atoms with Crippen LogP contribution in [0.25, 0.3) is 0 Å². The molecule has 8 atom stereocenters. The summed E-state index contributed by atoms with van der Waals surface area (Å²) in [6, 6.07) is 0. The third kappa shape index (κ3) is 2.28. The monoisotopic (exact) mass is 442 g/mol. The molecular weight excluding hydrogens is 408 g/mol. The Labute approximate surface area is 189 Å². The van der Waals surface area contributed by atoms with Crippen molar-refractivity contribution in [1.29, 1.82) is 0 Å². The van der Waals surface area contributed by atoms with Gasteiger partial charge in [0.25, 0.3) is 0 Å². The predicted octanol–water partition coefficient (Wildman–Crippen LogP) is 3.74. The number of allylic oxidation sites excluding steroid dienone is 1. The molecule has 2 saturated carbocycles. The molecule has 32 heavy (non-hydrogen) atoms. The fourth-order valence-electron chi connectivity index (χ4n) is 8.79. The Kier molecular flexibility index (Phi) is 4.23. The molecule has 6 heteroatoms. The predicted molar refractivity (Wildman–Crippen MR) is 115 cm³/mol. The second-order valence-electron chi connectivity index (χ2n) is 11.4. The fraction of sp³-hybridized carbons (Fsp3) is 0.769. The van der Waals surface area contributed by atoms with E-state index in [1.807, 2.05) is 0 Å². The van der Waals surface area contributed by atoms with Crippen LogP contribution in [-0.2, 0) is 28.5 Å². The van der Waals surface area contributed by atoms with Crippen molar-refractivity contribution >= 4 is 11.9 Å². The highest BCUT2D eigenvalue weighted by atomic mass is 16.6. The quantitative estimate of drug-likeness (QED) is 0.490. The van der Waals surface area contributed by atoms with Crippen LogP contribution in [-0.4, -0.2) is 50.1 Å². The maximum absolute atomic E-state index is 13.2. The Balaban J connectivity index is 1.48. The van der Waals surface area contributed by atoms with E-state index in [1.54, 1.807) is 7.11 Å². The summed E-state index contributed by atoms with van der Waals surface area (Å²) >= 11 is 0. The molecule has 0 aromatic rings. The van der Waals surface area contributed by atoms with E-state index in [0.717, 1.165) is 38.5 Å². The van der Waals surface area contributed by atoms with Crippen LogP contribution >= 0.6 is 0 Å². The molecule has 6 aliphatic rings. The van der Waals surface area contributed by atoms with E-state index in [1.165, 1.54) is 18.3 Å². The smallest absolute Gasteiger partial charge is 0.312 e. The van der Waals surface area contributed by atoms with Gasteiger partial charge in [0.05, 0.1) is 25.7 Å². The average Bonchev–Trinajstić information content (AvgIpc) is 3.25. The average molecular weight is 443 g/mol. The molecule has 2 unspecified atom stereocenters. The van der Waals surface area contributed by atoms with Crippen LogP contribution in [0.4, 0.5) is 0 Å². The van der Waals surface area contributed by atoms with Crippen LogP contribution in [0.5, 0.6) is 0 Å². The summed E-state index contributed by atoms with van der Waals surface area (Å²) < 4.78 is 23.6. The lowest BCUT2D eigenvalue weighted by Crippen LogP contribution is -2.62. The molecule has 0 aromatic heterocycles. The van der Waals surface area contributed by atoms with Crippen molar-refractivity contribution in [3.8, 4) is 0 Å². The van der Waals surface area contributed by atoms with Gasteiger partial charge in [-0.2, -0.15) is 0 Å². The Hall–Kier alpha value is -1.66. The third-order valence-corrected chi connectivity index (χ3v) is 10.4. The first kappa shape index (κ1) is 20.9. The minimum atomic E-state index is -0.406. The van der Waals surface area contributed by atoms with Gasteiger partial charge >= 0.3 is 11.9 Å². The van der Waals surface area contributed by atoms with Crippen molar-refractivity contribution in [3.05, 3.63) is 23.3 Å². The summed E-state index contributed by atoms with van der Waals surface area (Å²) in [4.78, 5) is 25.4. The largest absolute Gasteiger partial charge is 0.469 e. The molecule has 6 nitrogen and oxygen atoms in total. The standard InChI is InChI=1S/C26H34O6/c1-23-8-5-15(14-29-3)11-16(23)12-17(22(28)30-4)21-18-6-9-25(10-7-20(27)32-25)24(18,2)13-19-26(21,23)31-19/h11-12,17-19,21H,5-10,13-14H2,1-4H3/t17-,18?,19-,21?,23+,24+,25-,26-/m1/s1. The van der Waals surface area contributed by atoms with Crippen molar-refractivity contribution in [3.63, 3.8) is 0 Å². The molecule has 2 saturated heterocycles. The topological polar surface area (TPSA) is 74.4 Å². The lowest BCUT2D eigenvalue weighted by Gasteiger charge is -2.57. The van der Waals surface area contributed by atoms with E-state index in [4.69, 9.17) is 18.9 Å². The third-order valence-electron chi connectivity index (χ3n) is 10.4. The van der Waals surface area contributed by atoms with E-state index < -0.39 is 5.60 Å². The van der Waals surface area contributed by atoms with Gasteiger partial charge in [0, 0.05) is 30.3 Å². The molecule has 4 aliphatic carbocycles. The summed E-state index contributed by atoms with van der Waals surface area (Å²) in [5, 5.41) is 0. The van der Waals surface area contributed by atoms with Gasteiger partial charge in [-0.05, 0) is 55.6 Å². The number of esters is 2. The number of methoxy groups -OCH3 is 2. The van der Waals surface area contributed by atoms with Crippen molar-refractivity contribution in [2.45, 2.75) is 76.1 Å². The molecule has 0 N–H and O–H groups in total. The molecule has 4 fully saturated rings. The zero-order valence-electron chi connectivity index (χ0n) is 19.6. The van der Waals surface area contributed by atoms with Gasteiger partial charge in [0.1, 0.15) is 11.2 Å². The molecule has 0 amide bonds. The molecule has 6 rings (SSSR count). The van der Waals surface area contributed by atoms with E-state index >= 15 is 0 Å². The number of carbonyl (C=O) groups excluding carboxylic acids is 2. The Morgan fingerprint density at radius 2 is 2.00 bits per heavy atom. The fourth-order valence-corrected chi connectivity index (χ4v) is 8.79. The Morgan fingerprint density at radius 1 is 1.19 bits per heavy atom. The lowest BCUT2D eigenvalue weighted by atomic mass is 9.45. The highest BCUT2D eigenvalue weighted by molar-refractivity contribution is 5.77. The number of epoxide rings is 1. The number of ether oxygens (including phenoxy) is 4. The highest BCUT2D eigenvalue weighted by Crippen LogP contribution is 2.77. The molecular formula is C26H34O6. The molecule has 174 valence electrons. The van der Waals surface area contributed by atoms with E-state index in [-0.39, 0.29) is 52.2 Å². The first-order chi connectivity index (χ1) is 15.2. The number of fused-ring (bicyclic) bond motifs is 4. The van der Waals surface area contributed by atoms with E-state index in [0.29, 0.717) is 13.0 Å². The minimum Gasteiger partial charge on any atom is -0.469 e. The molecule has 2 spiro atoms. The summed E-state index contributed by atoms with van der Waals surface area (Å²) in [5.41, 5.74) is 1.42. The van der Waals surface area contributed by atoms with Crippen molar-refractivity contribution in [2.24, 2.45) is 28.6 Å². The summed E-state index contributed by atoms with van der Waals surface area (Å²) in [6.45, 7) is 5.25. The zero-order chi connectivity index (χ0) is 22.5. The molecule has 0 radical (unpaired) electrons. The van der Waals surface area contributed by atoms with Gasteiger partial charge in [0.15, 0.2) is 0 Å². The molecule has 0 bridgehead atoms. The molecule has 0 aromatic carbocycles. The number of rotatable bonds is 3. The van der Waals surface area contributed by atoms with E-state index in [2.05, 4.69) is 26.0 Å². The van der Waals surface area contributed by atoms with Crippen LogP contribution in [0.1, 0.15) is 58.8 Å². The summed E-state index contributed by atoms with van der Waals surface area (Å²) in [6.07, 6.45) is 10.5. The van der Waals surface area contributed by atoms with E-state index in [9.17, 15) is 9.59 Å². The highest BCUT2D eigenvalue weighted by Gasteiger charge is 2.82. The van der Waals surface area contributed by atoms with Crippen molar-refractivity contribution in [2.75, 3.05) is 20.8 Å². The van der Waals surface area contributed by atoms with Gasteiger partial charge in [-0.15, -0.1) is 0 Å². The number of carbonyl (C=O) groups is 2. The lowest BCUT2D eigenvalue weighted by molar-refractivity contribution is -0.168. The molecule has 2 heterocycles. The van der Waals surface area contributed by atoms with Crippen LogP contribution in [0.3, 0.4) is 0 Å². The second kappa shape index (κ2) is 6.47. The minimum absolute atomic E-state index is 0.0449. The maximum Gasteiger partial charge on any atom is 0.312 e. The maximum atomic E-state index is 13.2. The first-order valence-corrected chi connectivity index (χ1v) is 12.1. The zero-order valence-corrected chi connectivity index (χ0v) is 19.6. The normalized spacial score (nSPS) is 50.4. The molecule has 2 aliphatic heterocycles. The van der Waals surface area contributed by atoms with Crippen molar-refractivity contribution in [1.82, 2.24) is 0 Å².